The third-order valence-corrected chi connectivity index (χ3v) is 6.58. The minimum atomic E-state index is -0.572. The van der Waals surface area contributed by atoms with Crippen molar-refractivity contribution in [2.24, 2.45) is 5.73 Å². The normalized spacial score (nSPS) is 11.5. The van der Waals surface area contributed by atoms with Crippen molar-refractivity contribution in [1.29, 1.82) is 0 Å². The lowest BCUT2D eigenvalue weighted by atomic mass is 10.0. The van der Waals surface area contributed by atoms with Gasteiger partial charge in [-0.3, -0.25) is 4.79 Å². The van der Waals surface area contributed by atoms with Crippen LogP contribution in [0, 0.1) is 0 Å². The summed E-state index contributed by atoms with van der Waals surface area (Å²) in [7, 11) is 0. The van der Waals surface area contributed by atoms with Crippen molar-refractivity contribution in [3.8, 4) is 5.75 Å². The Morgan fingerprint density at radius 1 is 1.00 bits per heavy atom. The van der Waals surface area contributed by atoms with Crippen LogP contribution in [0.2, 0.25) is 0 Å². The second-order valence-corrected chi connectivity index (χ2v) is 9.47. The third kappa shape index (κ3) is 8.16. The number of benzene rings is 3. The SMILES string of the molecule is Cl.NC(=O)c1cn(C[C@@H](O)CCCc2ccccc2OCc2ccc(Sc3ccccc3)cc2)cn1. The number of hydrogen-bond acceptors (Lipinski definition) is 5. The van der Waals surface area contributed by atoms with Crippen molar-refractivity contribution in [2.45, 2.75) is 48.3 Å². The fourth-order valence-electron chi connectivity index (χ4n) is 3.74. The van der Waals surface area contributed by atoms with Crippen molar-refractivity contribution >= 4 is 30.1 Å². The van der Waals surface area contributed by atoms with Crippen LogP contribution >= 0.6 is 24.2 Å². The molecule has 0 aliphatic heterocycles. The Morgan fingerprint density at radius 3 is 2.42 bits per heavy atom. The molecule has 36 heavy (non-hydrogen) atoms. The predicted octanol–water partition coefficient (Wildman–Crippen LogP) is 5.52. The summed E-state index contributed by atoms with van der Waals surface area (Å²) in [5.74, 6) is 0.294. The van der Waals surface area contributed by atoms with E-state index in [0.717, 1.165) is 29.7 Å². The number of para-hydroxylation sites is 1. The summed E-state index contributed by atoms with van der Waals surface area (Å²) in [6.07, 6.45) is 4.77. The Kier molecular flexibility index (Phi) is 10.4. The number of halogens is 1. The summed E-state index contributed by atoms with van der Waals surface area (Å²) < 4.78 is 7.82. The van der Waals surface area contributed by atoms with Gasteiger partial charge in [0.2, 0.25) is 0 Å². The van der Waals surface area contributed by atoms with Gasteiger partial charge in [0.25, 0.3) is 5.91 Å². The third-order valence-electron chi connectivity index (χ3n) is 5.56. The van der Waals surface area contributed by atoms with Crippen LogP contribution in [0.5, 0.6) is 5.75 Å². The largest absolute Gasteiger partial charge is 0.489 e. The highest BCUT2D eigenvalue weighted by Crippen LogP contribution is 2.28. The number of carbonyl (C=O) groups is 1. The summed E-state index contributed by atoms with van der Waals surface area (Å²) in [6, 6.07) is 26.8. The van der Waals surface area contributed by atoms with Crippen LogP contribution < -0.4 is 10.5 Å². The van der Waals surface area contributed by atoms with Gasteiger partial charge in [0.15, 0.2) is 0 Å². The summed E-state index contributed by atoms with van der Waals surface area (Å²) in [5, 5.41) is 10.4. The molecule has 0 unspecified atom stereocenters. The molecule has 1 heterocycles. The minimum Gasteiger partial charge on any atom is -0.489 e. The van der Waals surface area contributed by atoms with Crippen LogP contribution in [0.3, 0.4) is 0 Å². The second-order valence-electron chi connectivity index (χ2n) is 8.32. The number of nitrogens with two attached hydrogens (primary N) is 1. The number of hydrogen-bond donors (Lipinski definition) is 2. The molecule has 0 spiro atoms. The van der Waals surface area contributed by atoms with Crippen LogP contribution in [-0.2, 0) is 19.6 Å². The molecule has 0 aliphatic rings. The summed E-state index contributed by atoms with van der Waals surface area (Å²) >= 11 is 1.74. The number of aryl methyl sites for hydroxylation is 1. The average Bonchev–Trinajstić information content (AvgIpc) is 3.34. The van der Waals surface area contributed by atoms with Crippen LogP contribution in [0.1, 0.15) is 34.5 Å². The first-order valence-corrected chi connectivity index (χ1v) is 12.4. The molecule has 1 atom stereocenters. The zero-order chi connectivity index (χ0) is 24.5. The molecule has 4 aromatic rings. The van der Waals surface area contributed by atoms with Gasteiger partial charge in [0, 0.05) is 22.5 Å². The van der Waals surface area contributed by atoms with Gasteiger partial charge in [-0.1, -0.05) is 60.3 Å². The molecule has 0 saturated carbocycles. The molecule has 3 aromatic carbocycles. The van der Waals surface area contributed by atoms with Crippen LogP contribution in [0.15, 0.2) is 101 Å². The predicted molar refractivity (Wildman–Crippen MR) is 145 cm³/mol. The van der Waals surface area contributed by atoms with E-state index in [1.807, 2.05) is 36.4 Å². The number of nitrogens with zero attached hydrogens (tertiary/aromatic N) is 2. The molecule has 4 rings (SSSR count). The summed E-state index contributed by atoms with van der Waals surface area (Å²) in [6.45, 7) is 0.871. The van der Waals surface area contributed by atoms with Crippen molar-refractivity contribution in [2.75, 3.05) is 0 Å². The van der Waals surface area contributed by atoms with E-state index in [2.05, 4.69) is 47.4 Å². The molecule has 3 N–H and O–H groups in total. The van der Waals surface area contributed by atoms with Crippen LogP contribution in [0.4, 0.5) is 0 Å². The molecular formula is C28H30ClN3O3S. The van der Waals surface area contributed by atoms with Gasteiger partial charge in [-0.2, -0.15) is 0 Å². The maximum atomic E-state index is 11.2. The van der Waals surface area contributed by atoms with Gasteiger partial charge in [-0.15, -0.1) is 12.4 Å². The van der Waals surface area contributed by atoms with E-state index in [1.165, 1.54) is 16.1 Å². The van der Waals surface area contributed by atoms with Crippen molar-refractivity contribution in [3.05, 3.63) is 108 Å². The van der Waals surface area contributed by atoms with Gasteiger partial charge < -0.3 is 20.1 Å². The number of imidazole rings is 1. The van der Waals surface area contributed by atoms with Crippen molar-refractivity contribution < 1.29 is 14.6 Å². The highest BCUT2D eigenvalue weighted by atomic mass is 35.5. The maximum Gasteiger partial charge on any atom is 0.268 e. The smallest absolute Gasteiger partial charge is 0.268 e. The first kappa shape index (κ1) is 27.3. The van der Waals surface area contributed by atoms with Gasteiger partial charge >= 0.3 is 0 Å². The van der Waals surface area contributed by atoms with Gasteiger partial charge in [0.1, 0.15) is 18.1 Å². The van der Waals surface area contributed by atoms with E-state index >= 15 is 0 Å². The number of amides is 1. The molecule has 1 aromatic heterocycles. The maximum absolute atomic E-state index is 11.2. The topological polar surface area (TPSA) is 90.4 Å². The minimum absolute atomic E-state index is 0. The fourth-order valence-corrected chi connectivity index (χ4v) is 4.58. The molecule has 8 heteroatoms. The van der Waals surface area contributed by atoms with E-state index in [4.69, 9.17) is 10.5 Å². The molecular weight excluding hydrogens is 494 g/mol. The molecule has 0 radical (unpaired) electrons. The molecule has 0 bridgehead atoms. The fraction of sp³-hybridized carbons (Fsp3) is 0.214. The average molecular weight is 524 g/mol. The number of rotatable bonds is 12. The van der Waals surface area contributed by atoms with E-state index in [0.29, 0.717) is 19.6 Å². The number of primary amides is 1. The van der Waals surface area contributed by atoms with Crippen molar-refractivity contribution in [1.82, 2.24) is 9.55 Å². The molecule has 0 fully saturated rings. The zero-order valence-corrected chi connectivity index (χ0v) is 21.5. The standard InChI is InChI=1S/C28H29N3O3S.ClH/c29-28(33)26-18-31(20-30-26)17-23(32)9-6-8-22-7-4-5-12-27(22)34-19-21-13-15-25(16-14-21)35-24-10-2-1-3-11-24;/h1-5,7,10-16,18,20,23,32H,6,8-9,17,19H2,(H2,29,33);1H/t23-;/m0./s1. The summed E-state index contributed by atoms with van der Waals surface area (Å²) in [5.41, 5.74) is 7.66. The van der Waals surface area contributed by atoms with Crippen molar-refractivity contribution in [3.63, 3.8) is 0 Å². The van der Waals surface area contributed by atoms with Crippen LogP contribution in [-0.4, -0.2) is 26.7 Å². The molecule has 0 aliphatic carbocycles. The van der Waals surface area contributed by atoms with E-state index in [1.54, 1.807) is 22.5 Å². The number of carbonyl (C=O) groups excluding carboxylic acids is 1. The lowest BCUT2D eigenvalue weighted by Gasteiger charge is -2.14. The first-order valence-electron chi connectivity index (χ1n) is 11.6. The van der Waals surface area contributed by atoms with Gasteiger partial charge in [0.05, 0.1) is 12.4 Å². The Bertz CT molecular complexity index is 1230. The molecule has 0 saturated heterocycles. The highest BCUT2D eigenvalue weighted by Gasteiger charge is 2.10. The molecule has 6 nitrogen and oxygen atoms in total. The second kappa shape index (κ2) is 13.7. The number of aliphatic hydroxyl groups excluding tert-OH is 1. The van der Waals surface area contributed by atoms with Gasteiger partial charge in [-0.05, 0) is 60.7 Å². The number of ether oxygens (including phenoxy) is 1. The van der Waals surface area contributed by atoms with Crippen LogP contribution in [0.25, 0.3) is 0 Å². The molecule has 1 amide bonds. The van der Waals surface area contributed by atoms with E-state index in [9.17, 15) is 9.90 Å². The quantitative estimate of drug-likeness (QED) is 0.255. The van der Waals surface area contributed by atoms with E-state index < -0.39 is 12.0 Å². The lowest BCUT2D eigenvalue weighted by Crippen LogP contribution is -2.15. The van der Waals surface area contributed by atoms with Gasteiger partial charge in [-0.25, -0.2) is 4.98 Å². The number of aromatic nitrogens is 2. The lowest BCUT2D eigenvalue weighted by molar-refractivity contribution is 0.0995. The number of aliphatic hydroxyl groups is 1. The zero-order valence-electron chi connectivity index (χ0n) is 19.8. The molecule has 188 valence electrons. The Balaban J connectivity index is 0.00000361. The summed E-state index contributed by atoms with van der Waals surface area (Å²) in [4.78, 5) is 17.5. The Morgan fingerprint density at radius 2 is 1.69 bits per heavy atom. The Hall–Kier alpha value is -3.26. The Labute approximate surface area is 221 Å². The highest BCUT2D eigenvalue weighted by molar-refractivity contribution is 7.99. The first-order chi connectivity index (χ1) is 17.1. The van der Waals surface area contributed by atoms with E-state index in [-0.39, 0.29) is 18.1 Å². The monoisotopic (exact) mass is 523 g/mol.